The first-order valence-electron chi connectivity index (χ1n) is 6.86. The quantitative estimate of drug-likeness (QED) is 0.586. The Hall–Kier alpha value is -1.64. The van der Waals surface area contributed by atoms with E-state index in [0.717, 1.165) is 12.8 Å². The van der Waals surface area contributed by atoms with Crippen molar-refractivity contribution in [3.63, 3.8) is 0 Å². The molecule has 0 heterocycles. The van der Waals surface area contributed by atoms with Crippen molar-refractivity contribution in [1.82, 2.24) is 5.32 Å². The van der Waals surface area contributed by atoms with Crippen molar-refractivity contribution in [3.8, 4) is 0 Å². The number of hydrogen-bond donors (Lipinski definition) is 1. The van der Waals surface area contributed by atoms with E-state index >= 15 is 0 Å². The number of carbonyl (C=O) groups is 1. The highest BCUT2D eigenvalue weighted by molar-refractivity contribution is 5.91. The molecule has 1 atom stereocenters. The average molecular weight is 263 g/mol. The van der Waals surface area contributed by atoms with E-state index in [9.17, 15) is 9.18 Å². The summed E-state index contributed by atoms with van der Waals surface area (Å²) in [6.07, 6.45) is 7.35. The Morgan fingerprint density at radius 3 is 2.79 bits per heavy atom. The molecular formula is C16H22FNO. The number of hydrogen-bond acceptors (Lipinski definition) is 1. The third kappa shape index (κ3) is 6.18. The highest BCUT2D eigenvalue weighted by Crippen LogP contribution is 2.08. The molecule has 0 aliphatic carbocycles. The van der Waals surface area contributed by atoms with Crippen LogP contribution in [0.15, 0.2) is 30.3 Å². The second kappa shape index (κ2) is 8.46. The van der Waals surface area contributed by atoms with Crippen LogP contribution in [0.2, 0.25) is 0 Å². The molecule has 0 bridgehead atoms. The van der Waals surface area contributed by atoms with Crippen LogP contribution in [0.5, 0.6) is 0 Å². The predicted octanol–water partition coefficient (Wildman–Crippen LogP) is 3.92. The second-order valence-electron chi connectivity index (χ2n) is 4.76. The summed E-state index contributed by atoms with van der Waals surface area (Å²) in [4.78, 5) is 11.7. The van der Waals surface area contributed by atoms with Crippen LogP contribution in [-0.2, 0) is 4.79 Å². The minimum atomic E-state index is -0.317. The van der Waals surface area contributed by atoms with Crippen LogP contribution in [0.4, 0.5) is 4.39 Å². The molecule has 0 aliphatic rings. The van der Waals surface area contributed by atoms with Gasteiger partial charge in [-0.15, -0.1) is 0 Å². The number of nitrogens with one attached hydrogen (secondary N) is 1. The van der Waals surface area contributed by atoms with Crippen LogP contribution in [0.3, 0.4) is 0 Å². The highest BCUT2D eigenvalue weighted by Gasteiger charge is 2.04. The first-order valence-corrected chi connectivity index (χ1v) is 6.86. The maximum absolute atomic E-state index is 13.3. The van der Waals surface area contributed by atoms with Crippen molar-refractivity contribution in [2.24, 2.45) is 0 Å². The van der Waals surface area contributed by atoms with Gasteiger partial charge in [0.1, 0.15) is 5.82 Å². The van der Waals surface area contributed by atoms with Crippen LogP contribution in [0, 0.1) is 5.82 Å². The van der Waals surface area contributed by atoms with Crippen molar-refractivity contribution in [3.05, 3.63) is 41.7 Å². The van der Waals surface area contributed by atoms with Crippen LogP contribution in [0.25, 0.3) is 6.08 Å². The Bertz CT molecular complexity index is 429. The zero-order valence-electron chi connectivity index (χ0n) is 11.7. The first-order chi connectivity index (χ1) is 9.13. The maximum Gasteiger partial charge on any atom is 0.244 e. The van der Waals surface area contributed by atoms with Crippen molar-refractivity contribution in [2.75, 3.05) is 0 Å². The van der Waals surface area contributed by atoms with Crippen molar-refractivity contribution >= 4 is 12.0 Å². The van der Waals surface area contributed by atoms with E-state index in [1.165, 1.54) is 31.1 Å². The third-order valence-electron chi connectivity index (χ3n) is 2.95. The lowest BCUT2D eigenvalue weighted by Crippen LogP contribution is -2.30. The topological polar surface area (TPSA) is 29.1 Å². The van der Waals surface area contributed by atoms with Gasteiger partial charge in [0.25, 0.3) is 0 Å². The van der Waals surface area contributed by atoms with Gasteiger partial charge in [0.2, 0.25) is 5.91 Å². The van der Waals surface area contributed by atoms with Gasteiger partial charge in [-0.25, -0.2) is 4.39 Å². The van der Waals surface area contributed by atoms with Crippen LogP contribution in [-0.4, -0.2) is 11.9 Å². The smallest absolute Gasteiger partial charge is 0.244 e. The Morgan fingerprint density at radius 1 is 1.37 bits per heavy atom. The molecule has 1 amide bonds. The van der Waals surface area contributed by atoms with E-state index in [1.807, 2.05) is 6.92 Å². The molecule has 0 radical (unpaired) electrons. The molecule has 0 saturated carbocycles. The average Bonchev–Trinajstić information content (AvgIpc) is 2.38. The van der Waals surface area contributed by atoms with E-state index in [2.05, 4.69) is 12.2 Å². The van der Waals surface area contributed by atoms with Gasteiger partial charge in [0.15, 0.2) is 0 Å². The maximum atomic E-state index is 13.3. The molecule has 2 nitrogen and oxygen atoms in total. The Balaban J connectivity index is 2.40. The number of benzene rings is 1. The molecule has 1 rings (SSSR count). The SMILES string of the molecule is CCCCCC(C)NC(=O)/C=C/c1ccccc1F. The fraction of sp³-hybridized carbons (Fsp3) is 0.438. The Labute approximate surface area is 114 Å². The summed E-state index contributed by atoms with van der Waals surface area (Å²) in [6.45, 7) is 4.14. The number of rotatable bonds is 7. The molecule has 0 aromatic heterocycles. The van der Waals surface area contributed by atoms with Gasteiger partial charge in [-0.1, -0.05) is 44.4 Å². The number of amides is 1. The van der Waals surface area contributed by atoms with E-state index in [0.29, 0.717) is 5.56 Å². The first kappa shape index (κ1) is 15.4. The summed E-state index contributed by atoms with van der Waals surface area (Å²) in [7, 11) is 0. The molecular weight excluding hydrogens is 241 g/mol. The van der Waals surface area contributed by atoms with Crippen molar-refractivity contribution < 1.29 is 9.18 Å². The minimum Gasteiger partial charge on any atom is -0.350 e. The predicted molar refractivity (Wildman–Crippen MR) is 77.2 cm³/mol. The monoisotopic (exact) mass is 263 g/mol. The van der Waals surface area contributed by atoms with Crippen molar-refractivity contribution in [1.29, 1.82) is 0 Å². The van der Waals surface area contributed by atoms with Gasteiger partial charge in [-0.2, -0.15) is 0 Å². The molecule has 1 aromatic rings. The van der Waals surface area contributed by atoms with Crippen LogP contribution in [0.1, 0.15) is 45.1 Å². The summed E-state index contributed by atoms with van der Waals surface area (Å²) in [6, 6.07) is 6.55. The molecule has 3 heteroatoms. The number of unbranched alkanes of at least 4 members (excludes halogenated alkanes) is 2. The normalized spacial score (nSPS) is 12.6. The van der Waals surface area contributed by atoms with Gasteiger partial charge in [-0.3, -0.25) is 4.79 Å². The minimum absolute atomic E-state index is 0.157. The summed E-state index contributed by atoms with van der Waals surface area (Å²) < 4.78 is 13.3. The van der Waals surface area contributed by atoms with E-state index < -0.39 is 0 Å². The van der Waals surface area contributed by atoms with E-state index in [1.54, 1.807) is 18.2 Å². The third-order valence-corrected chi connectivity index (χ3v) is 2.95. The fourth-order valence-corrected chi connectivity index (χ4v) is 1.84. The number of carbonyl (C=O) groups excluding carboxylic acids is 1. The molecule has 1 N–H and O–H groups in total. The summed E-state index contributed by atoms with van der Waals surface area (Å²) in [5.74, 6) is -0.491. The standard InChI is InChI=1S/C16H22FNO/c1-3-4-5-8-13(2)18-16(19)12-11-14-9-6-7-10-15(14)17/h6-7,9-13H,3-5,8H2,1-2H3,(H,18,19)/b12-11+. The Morgan fingerprint density at radius 2 is 2.11 bits per heavy atom. The highest BCUT2D eigenvalue weighted by atomic mass is 19.1. The van der Waals surface area contributed by atoms with Gasteiger partial charge >= 0.3 is 0 Å². The summed E-state index contributed by atoms with van der Waals surface area (Å²) in [5, 5.41) is 2.88. The Kier molecular flexibility index (Phi) is 6.86. The molecule has 1 unspecified atom stereocenters. The van der Waals surface area contributed by atoms with Gasteiger partial charge in [0.05, 0.1) is 0 Å². The van der Waals surface area contributed by atoms with E-state index in [4.69, 9.17) is 0 Å². The lowest BCUT2D eigenvalue weighted by molar-refractivity contribution is -0.117. The summed E-state index contributed by atoms with van der Waals surface area (Å²) >= 11 is 0. The summed E-state index contributed by atoms with van der Waals surface area (Å²) in [5.41, 5.74) is 0.427. The molecule has 1 aromatic carbocycles. The van der Waals surface area contributed by atoms with Gasteiger partial charge < -0.3 is 5.32 Å². The molecule has 0 spiro atoms. The fourth-order valence-electron chi connectivity index (χ4n) is 1.84. The molecule has 0 saturated heterocycles. The second-order valence-corrected chi connectivity index (χ2v) is 4.76. The lowest BCUT2D eigenvalue weighted by Gasteiger charge is -2.11. The van der Waals surface area contributed by atoms with Crippen molar-refractivity contribution in [2.45, 2.75) is 45.6 Å². The molecule has 104 valence electrons. The molecule has 0 fully saturated rings. The zero-order chi connectivity index (χ0) is 14.1. The van der Waals surface area contributed by atoms with Crippen LogP contribution >= 0.6 is 0 Å². The lowest BCUT2D eigenvalue weighted by atomic mass is 10.1. The van der Waals surface area contributed by atoms with Gasteiger partial charge in [-0.05, 0) is 25.5 Å². The number of halogens is 1. The zero-order valence-corrected chi connectivity index (χ0v) is 11.7. The van der Waals surface area contributed by atoms with Crippen LogP contribution < -0.4 is 5.32 Å². The van der Waals surface area contributed by atoms with Gasteiger partial charge in [0, 0.05) is 17.7 Å². The van der Waals surface area contributed by atoms with E-state index in [-0.39, 0.29) is 17.8 Å². The largest absolute Gasteiger partial charge is 0.350 e. The molecule has 0 aliphatic heterocycles. The molecule has 19 heavy (non-hydrogen) atoms.